The van der Waals surface area contributed by atoms with Crippen molar-refractivity contribution in [2.75, 3.05) is 13.1 Å². The van der Waals surface area contributed by atoms with Gasteiger partial charge in [0.05, 0.1) is 28.9 Å². The quantitative estimate of drug-likeness (QED) is 0.928. The third-order valence-corrected chi connectivity index (χ3v) is 4.45. The summed E-state index contributed by atoms with van der Waals surface area (Å²) < 4.78 is 0. The lowest BCUT2D eigenvalue weighted by atomic mass is 10.1. The van der Waals surface area contributed by atoms with Gasteiger partial charge in [0.25, 0.3) is 5.91 Å². The predicted octanol–water partition coefficient (Wildman–Crippen LogP) is 2.83. The highest BCUT2D eigenvalue weighted by Crippen LogP contribution is 2.30. The van der Waals surface area contributed by atoms with Crippen molar-refractivity contribution >= 4 is 23.4 Å². The Morgan fingerprint density at radius 1 is 1.21 bits per heavy atom. The topological polar surface area (TPSA) is 62.3 Å². The molecule has 2 heterocycles. The van der Waals surface area contributed by atoms with Gasteiger partial charge in [-0.1, -0.05) is 29.8 Å². The van der Waals surface area contributed by atoms with Gasteiger partial charge in [-0.05, 0) is 37.1 Å². The molecule has 1 saturated heterocycles. The molecule has 5 nitrogen and oxygen atoms in total. The first-order valence-electron chi connectivity index (χ1n) is 7.90. The molecule has 1 aromatic heterocycles. The maximum atomic E-state index is 12.5. The molecule has 1 N–H and O–H groups in total. The van der Waals surface area contributed by atoms with E-state index >= 15 is 0 Å². The molecular weight excluding hydrogens is 326 g/mol. The second-order valence-corrected chi connectivity index (χ2v) is 6.07. The first-order chi connectivity index (χ1) is 11.7. The third-order valence-electron chi connectivity index (χ3n) is 4.12. The van der Waals surface area contributed by atoms with E-state index in [2.05, 4.69) is 10.3 Å². The van der Waals surface area contributed by atoms with Crippen LogP contribution in [0.2, 0.25) is 5.02 Å². The number of amides is 2. The summed E-state index contributed by atoms with van der Waals surface area (Å²) >= 11 is 6.00. The number of hydrogen-bond acceptors (Lipinski definition) is 3. The van der Waals surface area contributed by atoms with Crippen LogP contribution in [0.1, 0.15) is 34.9 Å². The highest BCUT2D eigenvalue weighted by atomic mass is 35.5. The first kappa shape index (κ1) is 16.5. The standard InChI is InChI=1S/C18H18ClN3O2/c19-14-7-2-1-6-13(14)18(24)21-12-17(23)22-11-5-9-16(22)15-8-3-4-10-20-15/h1-4,6-8,10,16H,5,9,11-12H2,(H,21,24)/t16-/m1/s1. The molecule has 0 saturated carbocycles. The molecule has 0 bridgehead atoms. The van der Waals surface area contributed by atoms with Gasteiger partial charge in [-0.25, -0.2) is 0 Å². The van der Waals surface area contributed by atoms with Crippen LogP contribution in [0, 0.1) is 0 Å². The molecule has 0 spiro atoms. The SMILES string of the molecule is O=C(NCC(=O)N1CCC[C@@H]1c1ccccn1)c1ccccc1Cl. The van der Waals surface area contributed by atoms with Gasteiger partial charge in [0.15, 0.2) is 0 Å². The normalized spacial score (nSPS) is 16.9. The smallest absolute Gasteiger partial charge is 0.253 e. The van der Waals surface area contributed by atoms with Gasteiger partial charge in [-0.2, -0.15) is 0 Å². The Bertz CT molecular complexity index is 736. The van der Waals surface area contributed by atoms with E-state index in [1.54, 1.807) is 35.4 Å². The van der Waals surface area contributed by atoms with Gasteiger partial charge >= 0.3 is 0 Å². The summed E-state index contributed by atoms with van der Waals surface area (Å²) in [5.41, 5.74) is 1.26. The molecule has 0 aliphatic carbocycles. The van der Waals surface area contributed by atoms with Crippen LogP contribution in [-0.4, -0.2) is 34.8 Å². The number of nitrogens with one attached hydrogen (secondary N) is 1. The van der Waals surface area contributed by atoms with Gasteiger partial charge in [0.1, 0.15) is 0 Å². The fourth-order valence-electron chi connectivity index (χ4n) is 2.94. The van der Waals surface area contributed by atoms with Crippen molar-refractivity contribution < 1.29 is 9.59 Å². The van der Waals surface area contributed by atoms with Gasteiger partial charge in [0, 0.05) is 12.7 Å². The average Bonchev–Trinajstić information content (AvgIpc) is 3.10. The van der Waals surface area contributed by atoms with E-state index in [1.165, 1.54) is 0 Å². The minimum atomic E-state index is -0.345. The highest BCUT2D eigenvalue weighted by Gasteiger charge is 2.30. The van der Waals surface area contributed by atoms with Crippen molar-refractivity contribution in [1.82, 2.24) is 15.2 Å². The molecular formula is C18H18ClN3O2. The predicted molar refractivity (Wildman–Crippen MR) is 91.7 cm³/mol. The van der Waals surface area contributed by atoms with Crippen molar-refractivity contribution in [3.8, 4) is 0 Å². The zero-order valence-electron chi connectivity index (χ0n) is 13.1. The minimum absolute atomic E-state index is 0.0177. The monoisotopic (exact) mass is 343 g/mol. The summed E-state index contributed by atoms with van der Waals surface area (Å²) in [7, 11) is 0. The zero-order chi connectivity index (χ0) is 16.9. The van der Waals surface area contributed by atoms with Crippen LogP contribution < -0.4 is 5.32 Å². The van der Waals surface area contributed by atoms with Crippen LogP contribution in [0.25, 0.3) is 0 Å². The van der Waals surface area contributed by atoms with E-state index in [9.17, 15) is 9.59 Å². The van der Waals surface area contributed by atoms with Crippen LogP contribution in [0.4, 0.5) is 0 Å². The number of aromatic nitrogens is 1. The fraction of sp³-hybridized carbons (Fsp3) is 0.278. The Hall–Kier alpha value is -2.40. The molecule has 24 heavy (non-hydrogen) atoms. The van der Waals surface area contributed by atoms with E-state index in [0.29, 0.717) is 17.1 Å². The zero-order valence-corrected chi connectivity index (χ0v) is 13.9. The Morgan fingerprint density at radius 2 is 2.00 bits per heavy atom. The molecule has 1 aliphatic heterocycles. The van der Waals surface area contributed by atoms with Crippen molar-refractivity contribution in [1.29, 1.82) is 0 Å². The maximum absolute atomic E-state index is 12.5. The lowest BCUT2D eigenvalue weighted by Gasteiger charge is -2.24. The molecule has 3 rings (SSSR count). The van der Waals surface area contributed by atoms with Crippen molar-refractivity contribution in [2.45, 2.75) is 18.9 Å². The largest absolute Gasteiger partial charge is 0.343 e. The van der Waals surface area contributed by atoms with Crippen molar-refractivity contribution in [3.63, 3.8) is 0 Å². The molecule has 6 heteroatoms. The van der Waals surface area contributed by atoms with Crippen LogP contribution >= 0.6 is 11.6 Å². The summed E-state index contributed by atoms with van der Waals surface area (Å²) in [4.78, 5) is 30.8. The Balaban J connectivity index is 1.62. The van der Waals surface area contributed by atoms with E-state index < -0.39 is 0 Å². The molecule has 0 radical (unpaired) electrons. The number of likely N-dealkylation sites (tertiary alicyclic amines) is 1. The van der Waals surface area contributed by atoms with Crippen molar-refractivity contribution in [3.05, 3.63) is 64.9 Å². The number of pyridine rings is 1. The molecule has 0 unspecified atom stereocenters. The Kier molecular flexibility index (Phi) is 5.11. The van der Waals surface area contributed by atoms with E-state index in [0.717, 1.165) is 18.5 Å². The van der Waals surface area contributed by atoms with Crippen LogP contribution in [0.3, 0.4) is 0 Å². The highest BCUT2D eigenvalue weighted by molar-refractivity contribution is 6.33. The lowest BCUT2D eigenvalue weighted by molar-refractivity contribution is -0.131. The van der Waals surface area contributed by atoms with E-state index in [4.69, 9.17) is 11.6 Å². The third kappa shape index (κ3) is 3.57. The first-order valence-corrected chi connectivity index (χ1v) is 8.28. The average molecular weight is 344 g/mol. The molecule has 1 aromatic carbocycles. The lowest BCUT2D eigenvalue weighted by Crippen LogP contribution is -2.40. The molecule has 2 aromatic rings. The number of rotatable bonds is 4. The fourth-order valence-corrected chi connectivity index (χ4v) is 3.17. The summed E-state index contributed by atoms with van der Waals surface area (Å²) in [6.45, 7) is 0.634. The van der Waals surface area contributed by atoms with E-state index in [1.807, 2.05) is 18.2 Å². The number of halogens is 1. The Morgan fingerprint density at radius 3 is 2.75 bits per heavy atom. The minimum Gasteiger partial charge on any atom is -0.343 e. The molecule has 1 aliphatic rings. The second-order valence-electron chi connectivity index (χ2n) is 5.66. The number of carbonyl (C=O) groups is 2. The summed E-state index contributed by atoms with van der Waals surface area (Å²) in [5, 5.41) is 3.02. The summed E-state index contributed by atoms with van der Waals surface area (Å²) in [6, 6.07) is 12.5. The Labute approximate surface area is 145 Å². The van der Waals surface area contributed by atoms with Gasteiger partial charge in [0.2, 0.25) is 5.91 Å². The number of carbonyl (C=O) groups excluding carboxylic acids is 2. The van der Waals surface area contributed by atoms with Crippen LogP contribution in [0.5, 0.6) is 0 Å². The maximum Gasteiger partial charge on any atom is 0.253 e. The van der Waals surface area contributed by atoms with Gasteiger partial charge in [-0.3, -0.25) is 14.6 Å². The number of nitrogens with zero attached hydrogens (tertiary/aromatic N) is 2. The molecule has 1 atom stereocenters. The van der Waals surface area contributed by atoms with Crippen LogP contribution in [0.15, 0.2) is 48.7 Å². The summed E-state index contributed by atoms with van der Waals surface area (Å²) in [6.07, 6.45) is 3.56. The summed E-state index contributed by atoms with van der Waals surface area (Å²) in [5.74, 6) is -0.453. The number of benzene rings is 1. The van der Waals surface area contributed by atoms with E-state index in [-0.39, 0.29) is 24.4 Å². The molecule has 2 amide bonds. The van der Waals surface area contributed by atoms with Crippen LogP contribution in [-0.2, 0) is 4.79 Å². The van der Waals surface area contributed by atoms with Gasteiger partial charge < -0.3 is 10.2 Å². The van der Waals surface area contributed by atoms with Crippen molar-refractivity contribution in [2.24, 2.45) is 0 Å². The van der Waals surface area contributed by atoms with Gasteiger partial charge in [-0.15, -0.1) is 0 Å². The molecule has 1 fully saturated rings. The molecule has 124 valence electrons. The number of hydrogen-bond donors (Lipinski definition) is 1. The second kappa shape index (κ2) is 7.45.